The molecule has 2 heterocycles. The number of para-hydroxylation sites is 1. The monoisotopic (exact) mass is 502 g/mol. The first-order valence-corrected chi connectivity index (χ1v) is 10.4. The van der Waals surface area contributed by atoms with E-state index in [9.17, 15) is 0 Å². The zero-order chi connectivity index (χ0) is 18.7. The molecule has 0 bridgehead atoms. The van der Waals surface area contributed by atoms with Crippen molar-refractivity contribution in [2.45, 2.75) is 32.2 Å². The minimum absolute atomic E-state index is 0. The number of hydrogen-bond donors (Lipinski definition) is 2. The minimum atomic E-state index is 0. The van der Waals surface area contributed by atoms with Gasteiger partial charge in [-0.15, -0.1) is 24.0 Å². The van der Waals surface area contributed by atoms with Gasteiger partial charge in [-0.3, -0.25) is 4.99 Å². The predicted molar refractivity (Wildman–Crippen MR) is 126 cm³/mol. The molecule has 2 fully saturated rings. The third kappa shape index (κ3) is 7.75. The SMILES string of the molecule is CCNC(=NCCCOCC1CCOC1)NC1CCN(c2ccccc2)C1.I. The zero-order valence-corrected chi connectivity index (χ0v) is 19.3. The quantitative estimate of drug-likeness (QED) is 0.236. The number of anilines is 1. The van der Waals surface area contributed by atoms with Crippen molar-refractivity contribution in [2.75, 3.05) is 57.5 Å². The van der Waals surface area contributed by atoms with E-state index in [1.165, 1.54) is 5.69 Å². The van der Waals surface area contributed by atoms with E-state index >= 15 is 0 Å². The summed E-state index contributed by atoms with van der Waals surface area (Å²) in [6.45, 7) is 9.19. The Kier molecular flexibility index (Phi) is 11.0. The smallest absolute Gasteiger partial charge is 0.191 e. The van der Waals surface area contributed by atoms with Crippen LogP contribution >= 0.6 is 24.0 Å². The first kappa shape index (κ1) is 23.2. The van der Waals surface area contributed by atoms with Crippen molar-refractivity contribution in [3.05, 3.63) is 30.3 Å². The Morgan fingerprint density at radius 2 is 2.14 bits per heavy atom. The van der Waals surface area contributed by atoms with Crippen molar-refractivity contribution >= 4 is 35.6 Å². The van der Waals surface area contributed by atoms with Gasteiger partial charge in [0.05, 0.1) is 13.2 Å². The molecule has 2 aliphatic rings. The number of guanidine groups is 1. The van der Waals surface area contributed by atoms with Gasteiger partial charge in [-0.2, -0.15) is 0 Å². The molecular weight excluding hydrogens is 467 g/mol. The Morgan fingerprint density at radius 1 is 1.29 bits per heavy atom. The summed E-state index contributed by atoms with van der Waals surface area (Å²) in [5.74, 6) is 1.50. The van der Waals surface area contributed by atoms with Gasteiger partial charge < -0.3 is 25.0 Å². The van der Waals surface area contributed by atoms with Crippen molar-refractivity contribution < 1.29 is 9.47 Å². The summed E-state index contributed by atoms with van der Waals surface area (Å²) in [5.41, 5.74) is 1.30. The molecule has 2 aliphatic heterocycles. The second kappa shape index (κ2) is 13.2. The molecule has 2 atom stereocenters. The topological polar surface area (TPSA) is 58.1 Å². The summed E-state index contributed by atoms with van der Waals surface area (Å²) in [6, 6.07) is 11.1. The number of ether oxygens (including phenoxy) is 2. The van der Waals surface area contributed by atoms with Crippen LogP contribution in [0.4, 0.5) is 5.69 Å². The molecule has 3 rings (SSSR count). The summed E-state index contributed by atoms with van der Waals surface area (Å²) in [6.07, 6.45) is 3.21. The van der Waals surface area contributed by atoms with Crippen molar-refractivity contribution in [3.63, 3.8) is 0 Å². The van der Waals surface area contributed by atoms with E-state index in [0.29, 0.717) is 12.0 Å². The number of hydrogen-bond acceptors (Lipinski definition) is 4. The molecule has 0 saturated carbocycles. The fraction of sp³-hybridized carbons (Fsp3) is 0.667. The normalized spacial score (nSPS) is 22.2. The number of nitrogens with zero attached hydrogens (tertiary/aromatic N) is 2. The lowest BCUT2D eigenvalue weighted by molar-refractivity contribution is 0.0893. The van der Waals surface area contributed by atoms with Crippen LogP contribution in [0.25, 0.3) is 0 Å². The zero-order valence-electron chi connectivity index (χ0n) is 16.9. The molecule has 0 aliphatic carbocycles. The molecule has 6 nitrogen and oxygen atoms in total. The maximum atomic E-state index is 5.76. The van der Waals surface area contributed by atoms with Crippen LogP contribution in [0, 0.1) is 5.92 Å². The van der Waals surface area contributed by atoms with Crippen LogP contribution in [0.1, 0.15) is 26.2 Å². The molecule has 0 spiro atoms. The van der Waals surface area contributed by atoms with E-state index in [-0.39, 0.29) is 24.0 Å². The molecule has 2 unspecified atom stereocenters. The molecule has 158 valence electrons. The molecule has 2 saturated heterocycles. The van der Waals surface area contributed by atoms with Crippen LogP contribution in [-0.4, -0.2) is 64.6 Å². The van der Waals surface area contributed by atoms with Gasteiger partial charge in [-0.05, 0) is 38.3 Å². The lowest BCUT2D eigenvalue weighted by Crippen LogP contribution is -2.44. The molecule has 7 heteroatoms. The van der Waals surface area contributed by atoms with E-state index in [1.807, 2.05) is 0 Å². The summed E-state index contributed by atoms with van der Waals surface area (Å²) in [5, 5.41) is 6.95. The Bertz CT molecular complexity index is 567. The summed E-state index contributed by atoms with van der Waals surface area (Å²) >= 11 is 0. The minimum Gasteiger partial charge on any atom is -0.381 e. The molecular formula is C21H35IN4O2. The highest BCUT2D eigenvalue weighted by molar-refractivity contribution is 14.0. The third-order valence-electron chi connectivity index (χ3n) is 5.09. The van der Waals surface area contributed by atoms with Crippen molar-refractivity contribution in [1.82, 2.24) is 10.6 Å². The summed E-state index contributed by atoms with van der Waals surface area (Å²) in [7, 11) is 0. The molecule has 0 aromatic heterocycles. The molecule has 28 heavy (non-hydrogen) atoms. The Morgan fingerprint density at radius 3 is 2.89 bits per heavy atom. The predicted octanol–water partition coefficient (Wildman–Crippen LogP) is 2.88. The van der Waals surface area contributed by atoms with E-state index < -0.39 is 0 Å². The maximum absolute atomic E-state index is 5.76. The maximum Gasteiger partial charge on any atom is 0.191 e. The van der Waals surface area contributed by atoms with Gasteiger partial charge in [-0.25, -0.2) is 0 Å². The summed E-state index contributed by atoms with van der Waals surface area (Å²) in [4.78, 5) is 7.15. The highest BCUT2D eigenvalue weighted by atomic mass is 127. The third-order valence-corrected chi connectivity index (χ3v) is 5.09. The summed E-state index contributed by atoms with van der Waals surface area (Å²) < 4.78 is 11.1. The van der Waals surface area contributed by atoms with Crippen LogP contribution in [0.15, 0.2) is 35.3 Å². The lowest BCUT2D eigenvalue weighted by atomic mass is 10.1. The van der Waals surface area contributed by atoms with Crippen LogP contribution < -0.4 is 15.5 Å². The van der Waals surface area contributed by atoms with Crippen LogP contribution in [-0.2, 0) is 9.47 Å². The number of aliphatic imine (C=N–C) groups is 1. The highest BCUT2D eigenvalue weighted by Crippen LogP contribution is 2.19. The molecule has 0 radical (unpaired) electrons. The average Bonchev–Trinajstić information content (AvgIpc) is 3.37. The van der Waals surface area contributed by atoms with E-state index in [4.69, 9.17) is 14.5 Å². The molecule has 1 aromatic rings. The molecule has 2 N–H and O–H groups in total. The molecule has 1 aromatic carbocycles. The first-order valence-electron chi connectivity index (χ1n) is 10.4. The van der Waals surface area contributed by atoms with Crippen LogP contribution in [0.3, 0.4) is 0 Å². The number of nitrogens with one attached hydrogen (secondary N) is 2. The van der Waals surface area contributed by atoms with Gasteiger partial charge in [0.25, 0.3) is 0 Å². The van der Waals surface area contributed by atoms with Crippen LogP contribution in [0.5, 0.6) is 0 Å². The Balaban J connectivity index is 0.00000280. The van der Waals surface area contributed by atoms with E-state index in [2.05, 4.69) is 52.8 Å². The number of halogens is 1. The highest BCUT2D eigenvalue weighted by Gasteiger charge is 2.23. The Labute approximate surface area is 186 Å². The lowest BCUT2D eigenvalue weighted by Gasteiger charge is -2.20. The molecule has 0 amide bonds. The van der Waals surface area contributed by atoms with Gasteiger partial charge in [0.1, 0.15) is 0 Å². The second-order valence-corrected chi connectivity index (χ2v) is 7.33. The van der Waals surface area contributed by atoms with Gasteiger partial charge in [0, 0.05) is 57.0 Å². The van der Waals surface area contributed by atoms with E-state index in [1.54, 1.807) is 0 Å². The average molecular weight is 502 g/mol. The second-order valence-electron chi connectivity index (χ2n) is 7.33. The largest absolute Gasteiger partial charge is 0.381 e. The van der Waals surface area contributed by atoms with Gasteiger partial charge >= 0.3 is 0 Å². The van der Waals surface area contributed by atoms with Crippen molar-refractivity contribution in [2.24, 2.45) is 10.9 Å². The van der Waals surface area contributed by atoms with Gasteiger partial charge in [0.2, 0.25) is 0 Å². The van der Waals surface area contributed by atoms with Gasteiger partial charge in [-0.1, -0.05) is 18.2 Å². The van der Waals surface area contributed by atoms with E-state index in [0.717, 1.165) is 77.8 Å². The number of rotatable bonds is 9. The first-order chi connectivity index (χ1) is 13.3. The fourth-order valence-electron chi connectivity index (χ4n) is 3.59. The number of benzene rings is 1. The van der Waals surface area contributed by atoms with Crippen molar-refractivity contribution in [3.8, 4) is 0 Å². The van der Waals surface area contributed by atoms with Crippen molar-refractivity contribution in [1.29, 1.82) is 0 Å². The fourth-order valence-corrected chi connectivity index (χ4v) is 3.59. The van der Waals surface area contributed by atoms with Crippen LogP contribution in [0.2, 0.25) is 0 Å². The Hall–Kier alpha value is -1.06. The standard InChI is InChI=1S/C21H34N4O2.HI/c1-2-22-21(23-11-6-13-26-16-18-10-14-27-17-18)24-19-9-12-25(15-19)20-7-4-3-5-8-20;/h3-5,7-8,18-19H,2,6,9-17H2,1H3,(H2,22,23,24);1H. The van der Waals surface area contributed by atoms with Gasteiger partial charge in [0.15, 0.2) is 5.96 Å².